The summed E-state index contributed by atoms with van der Waals surface area (Å²) in [4.78, 5) is 17.0. The maximum Gasteiger partial charge on any atom is 0.271 e. The Morgan fingerprint density at radius 1 is 1.42 bits per heavy atom. The zero-order valence-corrected chi connectivity index (χ0v) is 14.9. The van der Waals surface area contributed by atoms with Crippen molar-refractivity contribution in [3.63, 3.8) is 0 Å². The predicted octanol–water partition coefficient (Wildman–Crippen LogP) is 2.41. The van der Waals surface area contributed by atoms with Crippen LogP contribution in [-0.4, -0.2) is 39.3 Å². The van der Waals surface area contributed by atoms with Gasteiger partial charge in [0.05, 0.1) is 10.7 Å². The zero-order valence-electron chi connectivity index (χ0n) is 14.1. The highest BCUT2D eigenvalue weighted by Gasteiger charge is 2.22. The van der Waals surface area contributed by atoms with Gasteiger partial charge in [0.15, 0.2) is 5.82 Å². The molecule has 2 aromatic rings. The number of hydrogen-bond donors (Lipinski definition) is 2. The van der Waals surface area contributed by atoms with Crippen molar-refractivity contribution in [3.8, 4) is 5.82 Å². The van der Waals surface area contributed by atoms with E-state index in [0.717, 1.165) is 30.8 Å². The molecule has 0 aliphatic carbocycles. The van der Waals surface area contributed by atoms with Crippen LogP contribution in [0.15, 0.2) is 18.2 Å². The third-order valence-electron chi connectivity index (χ3n) is 4.23. The zero-order chi connectivity index (χ0) is 17.3. The van der Waals surface area contributed by atoms with Gasteiger partial charge in [-0.05, 0) is 58.4 Å². The van der Waals surface area contributed by atoms with Crippen LogP contribution in [0.1, 0.15) is 41.6 Å². The fourth-order valence-corrected chi connectivity index (χ4v) is 3.28. The summed E-state index contributed by atoms with van der Waals surface area (Å²) >= 11 is 6.20. The van der Waals surface area contributed by atoms with E-state index in [-0.39, 0.29) is 17.6 Å². The minimum absolute atomic E-state index is 0.143. The Morgan fingerprint density at radius 2 is 2.21 bits per heavy atom. The van der Waals surface area contributed by atoms with Crippen LogP contribution in [0.2, 0.25) is 5.02 Å². The molecule has 24 heavy (non-hydrogen) atoms. The van der Waals surface area contributed by atoms with E-state index >= 15 is 0 Å². The van der Waals surface area contributed by atoms with E-state index in [1.165, 1.54) is 0 Å². The van der Waals surface area contributed by atoms with Crippen LogP contribution < -0.4 is 10.6 Å². The van der Waals surface area contributed by atoms with Crippen molar-refractivity contribution in [2.75, 3.05) is 6.54 Å². The van der Waals surface area contributed by atoms with Crippen LogP contribution in [-0.2, 0) is 0 Å². The lowest BCUT2D eigenvalue weighted by Gasteiger charge is -2.28. The fraction of sp³-hybridized carbons (Fsp3) is 0.471. The summed E-state index contributed by atoms with van der Waals surface area (Å²) in [6, 6.07) is 5.97. The van der Waals surface area contributed by atoms with E-state index in [2.05, 4.69) is 27.6 Å². The van der Waals surface area contributed by atoms with E-state index in [0.29, 0.717) is 16.9 Å². The van der Waals surface area contributed by atoms with Crippen LogP contribution in [0.4, 0.5) is 0 Å². The van der Waals surface area contributed by atoms with Crippen LogP contribution >= 0.6 is 11.6 Å². The van der Waals surface area contributed by atoms with E-state index in [1.54, 1.807) is 16.8 Å². The number of aryl methyl sites for hydroxylation is 2. The van der Waals surface area contributed by atoms with Crippen LogP contribution in [0.25, 0.3) is 5.82 Å². The highest BCUT2D eigenvalue weighted by atomic mass is 35.5. The third kappa shape index (κ3) is 3.60. The normalized spacial score (nSPS) is 20.8. The molecule has 2 unspecified atom stereocenters. The number of aromatic nitrogens is 3. The number of rotatable bonds is 3. The van der Waals surface area contributed by atoms with E-state index in [4.69, 9.17) is 11.6 Å². The molecule has 0 saturated carbocycles. The number of pyridine rings is 1. The summed E-state index contributed by atoms with van der Waals surface area (Å²) in [6.45, 7) is 6.89. The first-order valence-electron chi connectivity index (χ1n) is 8.18. The van der Waals surface area contributed by atoms with Crippen molar-refractivity contribution in [2.24, 2.45) is 0 Å². The lowest BCUT2D eigenvalue weighted by Crippen LogP contribution is -2.46. The Bertz CT molecular complexity index is 757. The second-order valence-electron chi connectivity index (χ2n) is 6.39. The summed E-state index contributed by atoms with van der Waals surface area (Å²) in [5, 5.41) is 11.2. The molecule has 0 aromatic carbocycles. The van der Waals surface area contributed by atoms with Gasteiger partial charge >= 0.3 is 0 Å². The molecule has 7 heteroatoms. The van der Waals surface area contributed by atoms with Gasteiger partial charge in [0, 0.05) is 17.8 Å². The van der Waals surface area contributed by atoms with Gasteiger partial charge in [0.2, 0.25) is 0 Å². The molecular formula is C17H22ClN5O. The highest BCUT2D eigenvalue weighted by Crippen LogP contribution is 2.18. The Morgan fingerprint density at radius 3 is 2.88 bits per heavy atom. The average molecular weight is 348 g/mol. The lowest BCUT2D eigenvalue weighted by atomic mass is 10.0. The van der Waals surface area contributed by atoms with Gasteiger partial charge in [0.25, 0.3) is 5.91 Å². The van der Waals surface area contributed by atoms with Crippen molar-refractivity contribution in [3.05, 3.63) is 40.3 Å². The third-order valence-corrected chi connectivity index (χ3v) is 4.54. The molecule has 0 spiro atoms. The van der Waals surface area contributed by atoms with Gasteiger partial charge < -0.3 is 10.6 Å². The largest absolute Gasteiger partial charge is 0.348 e. The van der Waals surface area contributed by atoms with Gasteiger partial charge in [-0.3, -0.25) is 4.79 Å². The minimum Gasteiger partial charge on any atom is -0.348 e. The number of carbonyl (C=O) groups is 1. The number of carbonyl (C=O) groups excluding carboxylic acids is 1. The minimum atomic E-state index is -0.234. The van der Waals surface area contributed by atoms with Crippen LogP contribution in [0.5, 0.6) is 0 Å². The lowest BCUT2D eigenvalue weighted by molar-refractivity contribution is 0.0920. The number of nitrogens with one attached hydrogen (secondary N) is 2. The summed E-state index contributed by atoms with van der Waals surface area (Å²) in [5.41, 5.74) is 2.10. The number of nitrogens with zero attached hydrogens (tertiary/aromatic N) is 3. The van der Waals surface area contributed by atoms with E-state index in [1.807, 2.05) is 19.9 Å². The Hall–Kier alpha value is -1.92. The molecule has 3 heterocycles. The Balaban J connectivity index is 1.83. The SMILES string of the molecule is Cc1cc(C)n(-c2ccc(Cl)c(C(=O)NC3CCNC(C)C3)n2)n1. The van der Waals surface area contributed by atoms with Crippen molar-refractivity contribution in [1.82, 2.24) is 25.4 Å². The summed E-state index contributed by atoms with van der Waals surface area (Å²) in [7, 11) is 0. The second-order valence-corrected chi connectivity index (χ2v) is 6.80. The van der Waals surface area contributed by atoms with Gasteiger partial charge in [-0.1, -0.05) is 11.6 Å². The topological polar surface area (TPSA) is 71.8 Å². The monoisotopic (exact) mass is 347 g/mol. The maximum absolute atomic E-state index is 12.6. The quantitative estimate of drug-likeness (QED) is 0.894. The molecule has 1 amide bonds. The summed E-state index contributed by atoms with van der Waals surface area (Å²) in [6.07, 6.45) is 1.81. The molecule has 128 valence electrons. The van der Waals surface area contributed by atoms with Crippen molar-refractivity contribution >= 4 is 17.5 Å². The molecule has 0 bridgehead atoms. The predicted molar refractivity (Wildman–Crippen MR) is 93.8 cm³/mol. The number of halogens is 1. The number of hydrogen-bond acceptors (Lipinski definition) is 4. The molecular weight excluding hydrogens is 326 g/mol. The van der Waals surface area contributed by atoms with Crippen LogP contribution in [0.3, 0.4) is 0 Å². The first-order chi connectivity index (χ1) is 11.4. The molecule has 1 aliphatic heterocycles. The molecule has 0 radical (unpaired) electrons. The molecule has 1 aliphatic rings. The van der Waals surface area contributed by atoms with Crippen molar-refractivity contribution < 1.29 is 4.79 Å². The Labute approximate surface area is 146 Å². The molecule has 1 fully saturated rings. The Kier molecular flexibility index (Phi) is 4.87. The van der Waals surface area contributed by atoms with Crippen molar-refractivity contribution in [1.29, 1.82) is 0 Å². The van der Waals surface area contributed by atoms with Gasteiger partial charge in [-0.15, -0.1) is 0 Å². The van der Waals surface area contributed by atoms with Gasteiger partial charge in [0.1, 0.15) is 5.69 Å². The molecule has 2 N–H and O–H groups in total. The first-order valence-corrected chi connectivity index (χ1v) is 8.56. The van der Waals surface area contributed by atoms with Gasteiger partial charge in [-0.25, -0.2) is 9.67 Å². The highest BCUT2D eigenvalue weighted by molar-refractivity contribution is 6.33. The van der Waals surface area contributed by atoms with Gasteiger partial charge in [-0.2, -0.15) is 5.10 Å². The van der Waals surface area contributed by atoms with E-state index < -0.39 is 0 Å². The average Bonchev–Trinajstić information content (AvgIpc) is 2.86. The van der Waals surface area contributed by atoms with E-state index in [9.17, 15) is 4.79 Å². The number of amides is 1. The standard InChI is InChI=1S/C17H22ClN5O/c1-10-9-13(6-7-19-10)20-17(24)16-14(18)4-5-15(21-16)23-12(3)8-11(2)22-23/h4-5,8,10,13,19H,6-7,9H2,1-3H3,(H,20,24). The van der Waals surface area contributed by atoms with Crippen molar-refractivity contribution in [2.45, 2.75) is 45.7 Å². The van der Waals surface area contributed by atoms with Crippen LogP contribution in [0, 0.1) is 13.8 Å². The maximum atomic E-state index is 12.6. The smallest absolute Gasteiger partial charge is 0.271 e. The first kappa shape index (κ1) is 16.9. The molecule has 1 saturated heterocycles. The molecule has 6 nitrogen and oxygen atoms in total. The molecule has 2 aromatic heterocycles. The molecule has 2 atom stereocenters. The fourth-order valence-electron chi connectivity index (χ4n) is 3.09. The summed E-state index contributed by atoms with van der Waals surface area (Å²) < 4.78 is 1.72. The summed E-state index contributed by atoms with van der Waals surface area (Å²) in [5.74, 6) is 0.358. The molecule has 3 rings (SSSR count). The number of piperidine rings is 1. The second kappa shape index (κ2) is 6.91.